The largest absolute Gasteiger partial charge is 0.454 e. The lowest BCUT2D eigenvalue weighted by Crippen LogP contribution is -2.44. The molecule has 112 valence electrons. The first-order chi connectivity index (χ1) is 10.0. The van der Waals surface area contributed by atoms with E-state index in [4.69, 9.17) is 15.2 Å². The topological polar surface area (TPSA) is 111 Å². The molecule has 0 aliphatic carbocycles. The van der Waals surface area contributed by atoms with E-state index in [9.17, 15) is 14.4 Å². The van der Waals surface area contributed by atoms with Crippen molar-refractivity contribution < 1.29 is 23.9 Å². The van der Waals surface area contributed by atoms with Gasteiger partial charge in [0.2, 0.25) is 12.7 Å². The summed E-state index contributed by atoms with van der Waals surface area (Å²) in [7, 11) is 0. The van der Waals surface area contributed by atoms with Gasteiger partial charge in [-0.15, -0.1) is 0 Å². The van der Waals surface area contributed by atoms with E-state index in [1.165, 1.54) is 13.0 Å². The fraction of sp³-hybridized carbons (Fsp3) is 0.308. The SMILES string of the molecule is CC(=O)N(CCN)C(=O)C(=O)Nc1ccc2c(c1)OCO2. The molecule has 0 saturated heterocycles. The predicted molar refractivity (Wildman–Crippen MR) is 72.6 cm³/mol. The summed E-state index contributed by atoms with van der Waals surface area (Å²) in [5.74, 6) is -1.37. The number of ether oxygens (including phenoxy) is 2. The van der Waals surface area contributed by atoms with Crippen LogP contribution in [-0.4, -0.2) is 42.5 Å². The Morgan fingerprint density at radius 3 is 2.67 bits per heavy atom. The lowest BCUT2D eigenvalue weighted by atomic mass is 10.2. The Balaban J connectivity index is 2.06. The van der Waals surface area contributed by atoms with E-state index >= 15 is 0 Å². The molecule has 21 heavy (non-hydrogen) atoms. The Hall–Kier alpha value is -2.61. The molecule has 0 bridgehead atoms. The van der Waals surface area contributed by atoms with Crippen molar-refractivity contribution in [1.82, 2.24) is 4.90 Å². The number of anilines is 1. The highest BCUT2D eigenvalue weighted by molar-refractivity contribution is 6.41. The van der Waals surface area contributed by atoms with Crippen molar-refractivity contribution in [2.45, 2.75) is 6.92 Å². The summed E-state index contributed by atoms with van der Waals surface area (Å²) in [4.78, 5) is 35.9. The van der Waals surface area contributed by atoms with Crippen LogP contribution in [0, 0.1) is 0 Å². The Morgan fingerprint density at radius 2 is 2.00 bits per heavy atom. The van der Waals surface area contributed by atoms with Crippen LogP contribution < -0.4 is 20.5 Å². The van der Waals surface area contributed by atoms with Gasteiger partial charge in [-0.05, 0) is 12.1 Å². The molecule has 8 nitrogen and oxygen atoms in total. The zero-order valence-corrected chi connectivity index (χ0v) is 11.4. The zero-order chi connectivity index (χ0) is 15.4. The quantitative estimate of drug-likeness (QED) is 0.739. The molecule has 0 saturated carbocycles. The molecule has 0 atom stereocenters. The number of carbonyl (C=O) groups is 3. The molecule has 1 aromatic carbocycles. The molecule has 3 N–H and O–H groups in total. The molecule has 8 heteroatoms. The highest BCUT2D eigenvalue weighted by atomic mass is 16.7. The molecule has 1 aliphatic rings. The van der Waals surface area contributed by atoms with Gasteiger partial charge in [-0.25, -0.2) is 0 Å². The van der Waals surface area contributed by atoms with E-state index in [1.54, 1.807) is 12.1 Å². The number of nitrogens with zero attached hydrogens (tertiary/aromatic N) is 1. The average Bonchev–Trinajstić information content (AvgIpc) is 2.91. The predicted octanol–water partition coefficient (Wildman–Crippen LogP) is -0.312. The maximum Gasteiger partial charge on any atom is 0.318 e. The molecule has 1 aliphatic heterocycles. The summed E-state index contributed by atoms with van der Waals surface area (Å²) in [6, 6.07) is 4.72. The van der Waals surface area contributed by atoms with Crippen LogP contribution in [0.25, 0.3) is 0 Å². The van der Waals surface area contributed by atoms with Crippen molar-refractivity contribution in [3.05, 3.63) is 18.2 Å². The second-order valence-corrected chi connectivity index (χ2v) is 4.29. The van der Waals surface area contributed by atoms with Crippen LogP contribution in [0.5, 0.6) is 11.5 Å². The summed E-state index contributed by atoms with van der Waals surface area (Å²) < 4.78 is 10.3. The monoisotopic (exact) mass is 293 g/mol. The Kier molecular flexibility index (Phi) is 4.39. The van der Waals surface area contributed by atoms with Gasteiger partial charge >= 0.3 is 11.8 Å². The van der Waals surface area contributed by atoms with Crippen LogP contribution in [0.15, 0.2) is 18.2 Å². The molecule has 2 rings (SSSR count). The van der Waals surface area contributed by atoms with Gasteiger partial charge in [-0.1, -0.05) is 0 Å². The van der Waals surface area contributed by atoms with Gasteiger partial charge < -0.3 is 20.5 Å². The van der Waals surface area contributed by atoms with Gasteiger partial charge in [0.15, 0.2) is 11.5 Å². The molecule has 0 unspecified atom stereocenters. The number of hydrogen-bond acceptors (Lipinski definition) is 6. The summed E-state index contributed by atoms with van der Waals surface area (Å²) in [6.07, 6.45) is 0. The summed E-state index contributed by atoms with van der Waals surface area (Å²) in [5, 5.41) is 2.41. The minimum Gasteiger partial charge on any atom is -0.454 e. The van der Waals surface area contributed by atoms with Crippen LogP contribution >= 0.6 is 0 Å². The number of rotatable bonds is 3. The maximum absolute atomic E-state index is 11.9. The van der Waals surface area contributed by atoms with Crippen molar-refractivity contribution in [3.63, 3.8) is 0 Å². The first kappa shape index (κ1) is 14.8. The smallest absolute Gasteiger partial charge is 0.318 e. The molecule has 0 radical (unpaired) electrons. The van der Waals surface area contributed by atoms with Crippen LogP contribution in [0.1, 0.15) is 6.92 Å². The van der Waals surface area contributed by atoms with Crippen LogP contribution in [0.4, 0.5) is 5.69 Å². The minimum absolute atomic E-state index is 0.0112. The van der Waals surface area contributed by atoms with E-state index < -0.39 is 17.7 Å². The molecule has 1 heterocycles. The normalized spacial score (nSPS) is 11.9. The van der Waals surface area contributed by atoms with E-state index in [0.29, 0.717) is 17.2 Å². The number of fused-ring (bicyclic) bond motifs is 1. The summed E-state index contributed by atoms with van der Waals surface area (Å²) in [6.45, 7) is 1.38. The second-order valence-electron chi connectivity index (χ2n) is 4.29. The van der Waals surface area contributed by atoms with Crippen LogP contribution in [0.3, 0.4) is 0 Å². The number of hydrogen-bond donors (Lipinski definition) is 2. The molecule has 3 amide bonds. The third-order valence-corrected chi connectivity index (χ3v) is 2.80. The fourth-order valence-electron chi connectivity index (χ4n) is 1.81. The van der Waals surface area contributed by atoms with Crippen molar-refractivity contribution in [2.75, 3.05) is 25.2 Å². The molecular weight excluding hydrogens is 278 g/mol. The number of nitrogens with one attached hydrogen (secondary N) is 1. The average molecular weight is 293 g/mol. The van der Waals surface area contributed by atoms with Crippen LogP contribution in [0.2, 0.25) is 0 Å². The van der Waals surface area contributed by atoms with Crippen molar-refractivity contribution >= 4 is 23.4 Å². The molecule has 0 aromatic heterocycles. The van der Waals surface area contributed by atoms with Gasteiger partial charge in [0.25, 0.3) is 0 Å². The first-order valence-electron chi connectivity index (χ1n) is 6.26. The lowest BCUT2D eigenvalue weighted by Gasteiger charge is -2.17. The first-order valence-corrected chi connectivity index (χ1v) is 6.26. The van der Waals surface area contributed by atoms with Gasteiger partial charge in [0.1, 0.15) is 0 Å². The van der Waals surface area contributed by atoms with Gasteiger partial charge in [0.05, 0.1) is 0 Å². The van der Waals surface area contributed by atoms with Crippen molar-refractivity contribution in [1.29, 1.82) is 0 Å². The van der Waals surface area contributed by atoms with Crippen LogP contribution in [-0.2, 0) is 14.4 Å². The number of carbonyl (C=O) groups excluding carboxylic acids is 3. The number of imide groups is 1. The second kappa shape index (κ2) is 6.23. The van der Waals surface area contributed by atoms with Crippen molar-refractivity contribution in [3.8, 4) is 11.5 Å². The number of nitrogens with two attached hydrogens (primary N) is 1. The van der Waals surface area contributed by atoms with Gasteiger partial charge in [-0.2, -0.15) is 0 Å². The molecule has 0 fully saturated rings. The number of benzene rings is 1. The molecule has 0 spiro atoms. The van der Waals surface area contributed by atoms with E-state index in [1.807, 2.05) is 0 Å². The summed E-state index contributed by atoms with van der Waals surface area (Å²) in [5.41, 5.74) is 5.68. The highest BCUT2D eigenvalue weighted by Crippen LogP contribution is 2.34. The van der Waals surface area contributed by atoms with E-state index in [2.05, 4.69) is 5.32 Å². The lowest BCUT2D eigenvalue weighted by molar-refractivity contribution is -0.149. The standard InChI is InChI=1S/C13H15N3O5/c1-8(17)16(5-4-14)13(19)12(18)15-9-2-3-10-11(6-9)21-7-20-10/h2-3,6H,4-5,7,14H2,1H3,(H,15,18). The minimum atomic E-state index is -0.953. The van der Waals surface area contributed by atoms with Gasteiger partial charge in [-0.3, -0.25) is 19.3 Å². The third kappa shape index (κ3) is 3.29. The molecular formula is C13H15N3O5. The summed E-state index contributed by atoms with van der Waals surface area (Å²) >= 11 is 0. The maximum atomic E-state index is 11.9. The van der Waals surface area contributed by atoms with E-state index in [-0.39, 0.29) is 19.9 Å². The zero-order valence-electron chi connectivity index (χ0n) is 11.4. The Labute approximate surface area is 120 Å². The number of amides is 3. The third-order valence-electron chi connectivity index (χ3n) is 2.80. The Morgan fingerprint density at radius 1 is 1.29 bits per heavy atom. The fourth-order valence-corrected chi connectivity index (χ4v) is 1.81. The Bertz CT molecular complexity index is 587. The highest BCUT2D eigenvalue weighted by Gasteiger charge is 2.25. The van der Waals surface area contributed by atoms with Gasteiger partial charge in [0, 0.05) is 31.8 Å². The molecule has 1 aromatic rings. The van der Waals surface area contributed by atoms with Crippen molar-refractivity contribution in [2.24, 2.45) is 5.73 Å². The van der Waals surface area contributed by atoms with E-state index in [0.717, 1.165) is 4.90 Å².